The Labute approximate surface area is 210 Å². The van der Waals surface area contributed by atoms with E-state index in [4.69, 9.17) is 0 Å². The number of carbonyl (C=O) groups excluding carboxylic acids is 1. The molecule has 0 aliphatic carbocycles. The Morgan fingerprint density at radius 3 is 2.23 bits per heavy atom. The van der Waals surface area contributed by atoms with Gasteiger partial charge in [0, 0.05) is 42.0 Å². The van der Waals surface area contributed by atoms with Crippen LogP contribution < -0.4 is 0 Å². The molecule has 1 aliphatic heterocycles. The van der Waals surface area contributed by atoms with Crippen molar-refractivity contribution in [2.75, 3.05) is 26.2 Å². The lowest BCUT2D eigenvalue weighted by Crippen LogP contribution is -2.33. The normalized spacial score (nSPS) is 14.5. The number of phenols is 1. The van der Waals surface area contributed by atoms with Gasteiger partial charge in [-0.2, -0.15) is 0 Å². The average molecular weight is 476 g/mol. The number of piperidine rings is 1. The smallest absolute Gasteiger partial charge is 0.256 e. The number of aromatic hydroxyl groups is 1. The number of likely N-dealkylation sites (tertiary alicyclic amines) is 1. The molecule has 0 unspecified atom stereocenters. The van der Waals surface area contributed by atoms with Gasteiger partial charge in [-0.1, -0.05) is 51.3 Å². The molecule has 1 amide bonds. The Kier molecular flexibility index (Phi) is 8.50. The van der Waals surface area contributed by atoms with Gasteiger partial charge in [0.1, 0.15) is 5.75 Å². The lowest BCUT2D eigenvalue weighted by Gasteiger charge is -2.27. The maximum Gasteiger partial charge on any atom is 0.256 e. The third-order valence-corrected chi connectivity index (χ3v) is 7.36. The summed E-state index contributed by atoms with van der Waals surface area (Å²) in [5, 5.41) is 12.0. The Bertz CT molecular complexity index is 1120. The van der Waals surface area contributed by atoms with Crippen LogP contribution in [-0.2, 0) is 6.54 Å². The molecule has 2 aromatic carbocycles. The van der Waals surface area contributed by atoms with Crippen molar-refractivity contribution in [1.29, 1.82) is 0 Å². The molecule has 2 heterocycles. The number of phenolic OH excluding ortho intramolecular Hbond substituents is 1. The van der Waals surface area contributed by atoms with E-state index in [2.05, 4.69) is 42.4 Å². The van der Waals surface area contributed by atoms with Crippen LogP contribution in [0, 0.1) is 6.92 Å². The third-order valence-electron chi connectivity index (χ3n) is 7.36. The molecule has 188 valence electrons. The maximum absolute atomic E-state index is 14.2. The van der Waals surface area contributed by atoms with Gasteiger partial charge < -0.3 is 14.6 Å². The minimum absolute atomic E-state index is 0.0922. The number of rotatable bonds is 10. The molecule has 1 N–H and O–H groups in total. The summed E-state index contributed by atoms with van der Waals surface area (Å²) in [5.74, 6) is 0.380. The van der Waals surface area contributed by atoms with E-state index in [0.29, 0.717) is 6.54 Å². The van der Waals surface area contributed by atoms with E-state index in [9.17, 15) is 9.90 Å². The second kappa shape index (κ2) is 11.8. The van der Waals surface area contributed by atoms with Gasteiger partial charge in [0.2, 0.25) is 0 Å². The zero-order valence-corrected chi connectivity index (χ0v) is 21.7. The molecule has 0 radical (unpaired) electrons. The number of fused-ring (bicyclic) bond motifs is 1. The number of amides is 1. The van der Waals surface area contributed by atoms with Gasteiger partial charge in [0.15, 0.2) is 0 Å². The Morgan fingerprint density at radius 1 is 0.943 bits per heavy atom. The Morgan fingerprint density at radius 2 is 1.60 bits per heavy atom. The topological polar surface area (TPSA) is 48.7 Å². The number of aromatic nitrogens is 1. The molecule has 5 heteroatoms. The number of benzene rings is 2. The van der Waals surface area contributed by atoms with Crippen LogP contribution in [-0.4, -0.2) is 51.6 Å². The van der Waals surface area contributed by atoms with Crippen molar-refractivity contribution in [2.24, 2.45) is 0 Å². The first kappa shape index (κ1) is 25.3. The highest BCUT2D eigenvalue weighted by atomic mass is 16.3. The molecule has 1 aromatic heterocycles. The van der Waals surface area contributed by atoms with Crippen molar-refractivity contribution in [1.82, 2.24) is 14.4 Å². The summed E-state index contributed by atoms with van der Waals surface area (Å²) in [6.45, 7) is 10.7. The highest BCUT2D eigenvalue weighted by Gasteiger charge is 2.28. The predicted molar refractivity (Wildman–Crippen MR) is 145 cm³/mol. The van der Waals surface area contributed by atoms with E-state index in [1.807, 2.05) is 29.2 Å². The van der Waals surface area contributed by atoms with Gasteiger partial charge >= 0.3 is 0 Å². The van der Waals surface area contributed by atoms with Crippen LogP contribution in [0.5, 0.6) is 5.75 Å². The fraction of sp³-hybridized carbons (Fsp3) is 0.500. The third kappa shape index (κ3) is 5.40. The van der Waals surface area contributed by atoms with E-state index in [0.717, 1.165) is 85.3 Å². The van der Waals surface area contributed by atoms with Crippen molar-refractivity contribution >= 4 is 16.8 Å². The maximum atomic E-state index is 14.2. The summed E-state index contributed by atoms with van der Waals surface area (Å²) < 4.78 is 2.19. The van der Waals surface area contributed by atoms with Crippen LogP contribution in [0.3, 0.4) is 0 Å². The van der Waals surface area contributed by atoms with Crippen molar-refractivity contribution in [3.05, 3.63) is 59.3 Å². The van der Waals surface area contributed by atoms with Crippen molar-refractivity contribution in [3.63, 3.8) is 0 Å². The minimum atomic E-state index is 0.0922. The Balaban J connectivity index is 1.90. The van der Waals surface area contributed by atoms with Crippen LogP contribution in [0.15, 0.2) is 42.5 Å². The number of para-hydroxylation sites is 1. The lowest BCUT2D eigenvalue weighted by molar-refractivity contribution is 0.0752. The molecule has 0 bridgehead atoms. The van der Waals surface area contributed by atoms with Gasteiger partial charge in [0.05, 0.1) is 11.1 Å². The number of hydrogen-bond acceptors (Lipinski definition) is 3. The predicted octanol–water partition coefficient (Wildman–Crippen LogP) is 6.67. The standard InChI is InChI=1S/C30H41N3O2/c1-4-6-20-32(21-7-5-2)30(35)28-23(3)33(24-14-10-8-11-15-24)26-16-17-27(34)25(29(26)28)22-31-18-12-9-13-19-31/h8,10-11,14-17,34H,4-7,9,12-13,18-22H2,1-3H3. The summed E-state index contributed by atoms with van der Waals surface area (Å²) in [4.78, 5) is 18.7. The first-order valence-corrected chi connectivity index (χ1v) is 13.5. The van der Waals surface area contributed by atoms with E-state index >= 15 is 0 Å². The summed E-state index contributed by atoms with van der Waals surface area (Å²) in [6, 6.07) is 14.0. The van der Waals surface area contributed by atoms with Crippen molar-refractivity contribution < 1.29 is 9.90 Å². The summed E-state index contributed by atoms with van der Waals surface area (Å²) in [7, 11) is 0. The van der Waals surface area contributed by atoms with Gasteiger partial charge in [0.25, 0.3) is 5.91 Å². The molecular weight excluding hydrogens is 434 g/mol. The summed E-state index contributed by atoms with van der Waals surface area (Å²) >= 11 is 0. The van der Waals surface area contributed by atoms with Gasteiger partial charge in [-0.15, -0.1) is 0 Å². The molecule has 1 fully saturated rings. The highest BCUT2D eigenvalue weighted by molar-refractivity contribution is 6.10. The average Bonchev–Trinajstić information content (AvgIpc) is 3.18. The number of carbonyl (C=O) groups is 1. The first-order chi connectivity index (χ1) is 17.1. The number of hydrogen-bond donors (Lipinski definition) is 1. The molecule has 35 heavy (non-hydrogen) atoms. The van der Waals surface area contributed by atoms with Crippen LogP contribution in [0.1, 0.15) is 80.4 Å². The lowest BCUT2D eigenvalue weighted by atomic mass is 10.0. The molecule has 4 rings (SSSR count). The number of unbranched alkanes of at least 4 members (excludes halogenated alkanes) is 2. The number of nitrogens with zero attached hydrogens (tertiary/aromatic N) is 3. The highest BCUT2D eigenvalue weighted by Crippen LogP contribution is 2.37. The quantitative estimate of drug-likeness (QED) is 0.356. The molecule has 5 nitrogen and oxygen atoms in total. The summed E-state index contributed by atoms with van der Waals surface area (Å²) in [5.41, 5.74) is 4.61. The molecule has 0 spiro atoms. The van der Waals surface area contributed by atoms with Gasteiger partial charge in [-0.05, 0) is 70.0 Å². The molecule has 0 saturated carbocycles. The van der Waals surface area contributed by atoms with E-state index in [1.54, 1.807) is 6.07 Å². The second-order valence-electron chi connectivity index (χ2n) is 9.92. The molecule has 3 aromatic rings. The van der Waals surface area contributed by atoms with Crippen LogP contribution in [0.2, 0.25) is 0 Å². The fourth-order valence-corrected chi connectivity index (χ4v) is 5.41. The van der Waals surface area contributed by atoms with Crippen LogP contribution >= 0.6 is 0 Å². The minimum Gasteiger partial charge on any atom is -0.508 e. The van der Waals surface area contributed by atoms with E-state index < -0.39 is 0 Å². The fourth-order valence-electron chi connectivity index (χ4n) is 5.41. The van der Waals surface area contributed by atoms with Gasteiger partial charge in [-0.3, -0.25) is 9.69 Å². The van der Waals surface area contributed by atoms with Crippen molar-refractivity contribution in [2.45, 2.75) is 72.3 Å². The largest absolute Gasteiger partial charge is 0.508 e. The van der Waals surface area contributed by atoms with E-state index in [-0.39, 0.29) is 11.7 Å². The SMILES string of the molecule is CCCCN(CCCC)C(=O)c1c(C)n(-c2ccccc2)c2ccc(O)c(CN3CCCCC3)c12. The monoisotopic (exact) mass is 475 g/mol. The first-order valence-electron chi connectivity index (χ1n) is 13.5. The Hall–Kier alpha value is -2.79. The van der Waals surface area contributed by atoms with Crippen LogP contribution in [0.25, 0.3) is 16.6 Å². The molecular formula is C30H41N3O2. The van der Waals surface area contributed by atoms with Crippen LogP contribution in [0.4, 0.5) is 0 Å². The van der Waals surface area contributed by atoms with Crippen molar-refractivity contribution in [3.8, 4) is 11.4 Å². The van der Waals surface area contributed by atoms with E-state index in [1.165, 1.54) is 19.3 Å². The summed E-state index contributed by atoms with van der Waals surface area (Å²) in [6.07, 6.45) is 7.76. The zero-order valence-electron chi connectivity index (χ0n) is 21.7. The van der Waals surface area contributed by atoms with Gasteiger partial charge in [-0.25, -0.2) is 0 Å². The second-order valence-corrected chi connectivity index (χ2v) is 9.92. The zero-order chi connectivity index (χ0) is 24.8. The molecule has 1 saturated heterocycles. The molecule has 0 atom stereocenters. The molecule has 1 aliphatic rings.